The minimum absolute atomic E-state index is 0.129. The second kappa shape index (κ2) is 10.2. The third-order valence-corrected chi connectivity index (χ3v) is 3.43. The third kappa shape index (κ3) is 6.92. The van der Waals surface area contributed by atoms with Gasteiger partial charge in [0.05, 0.1) is 6.61 Å². The molecule has 0 saturated heterocycles. The van der Waals surface area contributed by atoms with Crippen LogP contribution in [0.3, 0.4) is 0 Å². The number of nitrogens with zero attached hydrogens (tertiary/aromatic N) is 1. The van der Waals surface area contributed by atoms with Crippen LogP contribution < -0.4 is 5.32 Å². The largest absolute Gasteiger partial charge is 0.465 e. The zero-order chi connectivity index (χ0) is 14.7. The van der Waals surface area contributed by atoms with E-state index in [0.717, 1.165) is 39.0 Å². The Morgan fingerprint density at radius 3 is 2.37 bits per heavy atom. The predicted octanol–water partition coefficient (Wildman–Crippen LogP) is 2.43. The van der Waals surface area contributed by atoms with E-state index in [0.29, 0.717) is 6.61 Å². The second-order valence-electron chi connectivity index (χ2n) is 5.12. The van der Waals surface area contributed by atoms with Gasteiger partial charge < -0.3 is 15.0 Å². The SMILES string of the molecule is CCCN(CC)CCCC(C)(NCC)C(=O)OCC. The number of carbonyl (C=O) groups is 1. The Balaban J connectivity index is 4.30. The molecular weight excluding hydrogens is 240 g/mol. The number of esters is 1. The first-order chi connectivity index (χ1) is 9.03. The van der Waals surface area contributed by atoms with Gasteiger partial charge in [0.1, 0.15) is 5.54 Å². The van der Waals surface area contributed by atoms with E-state index in [1.165, 1.54) is 6.42 Å². The summed E-state index contributed by atoms with van der Waals surface area (Å²) in [5, 5.41) is 3.27. The van der Waals surface area contributed by atoms with Crippen LogP contribution in [-0.2, 0) is 9.53 Å². The van der Waals surface area contributed by atoms with E-state index < -0.39 is 5.54 Å². The molecule has 0 aromatic carbocycles. The first-order valence-electron chi connectivity index (χ1n) is 7.68. The number of hydrogen-bond donors (Lipinski definition) is 1. The van der Waals surface area contributed by atoms with Crippen molar-refractivity contribution in [3.63, 3.8) is 0 Å². The molecule has 0 rings (SSSR count). The number of nitrogens with one attached hydrogen (secondary N) is 1. The van der Waals surface area contributed by atoms with E-state index in [1.807, 2.05) is 20.8 Å². The molecule has 0 aliphatic heterocycles. The van der Waals surface area contributed by atoms with E-state index in [-0.39, 0.29) is 5.97 Å². The monoisotopic (exact) mass is 272 g/mol. The van der Waals surface area contributed by atoms with Crippen LogP contribution in [0.1, 0.15) is 53.9 Å². The topological polar surface area (TPSA) is 41.6 Å². The van der Waals surface area contributed by atoms with Gasteiger partial charge in [0.15, 0.2) is 0 Å². The van der Waals surface area contributed by atoms with Crippen molar-refractivity contribution in [3.05, 3.63) is 0 Å². The molecule has 0 fully saturated rings. The van der Waals surface area contributed by atoms with Crippen LogP contribution in [0.5, 0.6) is 0 Å². The minimum atomic E-state index is -0.545. The van der Waals surface area contributed by atoms with E-state index in [4.69, 9.17) is 4.74 Å². The average Bonchev–Trinajstić information content (AvgIpc) is 2.38. The molecule has 114 valence electrons. The maximum atomic E-state index is 12.0. The van der Waals surface area contributed by atoms with Crippen molar-refractivity contribution in [3.8, 4) is 0 Å². The highest BCUT2D eigenvalue weighted by Gasteiger charge is 2.33. The smallest absolute Gasteiger partial charge is 0.326 e. The highest BCUT2D eigenvalue weighted by Crippen LogP contribution is 2.15. The van der Waals surface area contributed by atoms with E-state index in [1.54, 1.807) is 0 Å². The Labute approximate surface area is 118 Å². The summed E-state index contributed by atoms with van der Waals surface area (Å²) in [5.41, 5.74) is -0.545. The molecule has 1 N–H and O–H groups in total. The van der Waals surface area contributed by atoms with Gasteiger partial charge in [-0.2, -0.15) is 0 Å². The Kier molecular flexibility index (Phi) is 9.88. The van der Waals surface area contributed by atoms with E-state index >= 15 is 0 Å². The highest BCUT2D eigenvalue weighted by molar-refractivity contribution is 5.80. The van der Waals surface area contributed by atoms with Gasteiger partial charge in [0.25, 0.3) is 0 Å². The molecule has 0 aromatic rings. The van der Waals surface area contributed by atoms with Crippen molar-refractivity contribution in [2.75, 3.05) is 32.8 Å². The molecular formula is C15H32N2O2. The molecule has 0 aliphatic rings. The molecule has 1 atom stereocenters. The number of carbonyl (C=O) groups excluding carboxylic acids is 1. The lowest BCUT2D eigenvalue weighted by molar-refractivity contribution is -0.150. The van der Waals surface area contributed by atoms with Crippen LogP contribution in [0.25, 0.3) is 0 Å². The minimum Gasteiger partial charge on any atom is -0.465 e. The van der Waals surface area contributed by atoms with Crippen molar-refractivity contribution >= 4 is 5.97 Å². The summed E-state index contributed by atoms with van der Waals surface area (Å²) in [4.78, 5) is 14.5. The summed E-state index contributed by atoms with van der Waals surface area (Å²) in [6, 6.07) is 0. The van der Waals surface area contributed by atoms with Gasteiger partial charge in [-0.3, -0.25) is 4.79 Å². The van der Waals surface area contributed by atoms with Crippen LogP contribution in [0.15, 0.2) is 0 Å². The van der Waals surface area contributed by atoms with Gasteiger partial charge in [-0.25, -0.2) is 0 Å². The quantitative estimate of drug-likeness (QED) is 0.587. The molecule has 4 heteroatoms. The van der Waals surface area contributed by atoms with Crippen LogP contribution >= 0.6 is 0 Å². The summed E-state index contributed by atoms with van der Waals surface area (Å²) in [7, 11) is 0. The van der Waals surface area contributed by atoms with Gasteiger partial charge >= 0.3 is 5.97 Å². The van der Waals surface area contributed by atoms with E-state index in [2.05, 4.69) is 24.1 Å². The molecule has 19 heavy (non-hydrogen) atoms. The van der Waals surface area contributed by atoms with Crippen molar-refractivity contribution in [2.45, 2.75) is 59.4 Å². The summed E-state index contributed by atoms with van der Waals surface area (Å²) in [6.45, 7) is 14.7. The van der Waals surface area contributed by atoms with Gasteiger partial charge in [0.2, 0.25) is 0 Å². The van der Waals surface area contributed by atoms with Crippen molar-refractivity contribution in [1.29, 1.82) is 0 Å². The highest BCUT2D eigenvalue weighted by atomic mass is 16.5. The van der Waals surface area contributed by atoms with Crippen LogP contribution in [0.2, 0.25) is 0 Å². The Bertz CT molecular complexity index is 246. The lowest BCUT2D eigenvalue weighted by Gasteiger charge is -2.29. The fourth-order valence-electron chi connectivity index (χ4n) is 2.34. The van der Waals surface area contributed by atoms with Crippen LogP contribution in [-0.4, -0.2) is 49.2 Å². The van der Waals surface area contributed by atoms with Crippen molar-refractivity contribution in [2.24, 2.45) is 0 Å². The molecule has 0 aromatic heterocycles. The lowest BCUT2D eigenvalue weighted by Crippen LogP contribution is -2.50. The Morgan fingerprint density at radius 2 is 1.89 bits per heavy atom. The second-order valence-corrected chi connectivity index (χ2v) is 5.12. The summed E-state index contributed by atoms with van der Waals surface area (Å²) >= 11 is 0. The Hall–Kier alpha value is -0.610. The van der Waals surface area contributed by atoms with Crippen molar-refractivity contribution < 1.29 is 9.53 Å². The molecule has 0 radical (unpaired) electrons. The van der Waals surface area contributed by atoms with Gasteiger partial charge in [-0.15, -0.1) is 0 Å². The molecule has 0 aliphatic carbocycles. The lowest BCUT2D eigenvalue weighted by atomic mass is 9.95. The zero-order valence-corrected chi connectivity index (χ0v) is 13.4. The molecule has 0 amide bonds. The fourth-order valence-corrected chi connectivity index (χ4v) is 2.34. The number of likely N-dealkylation sites (N-methyl/N-ethyl adjacent to an activating group) is 1. The molecule has 1 unspecified atom stereocenters. The first-order valence-corrected chi connectivity index (χ1v) is 7.68. The number of ether oxygens (including phenoxy) is 1. The van der Waals surface area contributed by atoms with Crippen molar-refractivity contribution in [1.82, 2.24) is 10.2 Å². The normalized spacial score (nSPS) is 14.4. The average molecular weight is 272 g/mol. The van der Waals surface area contributed by atoms with Gasteiger partial charge in [-0.05, 0) is 59.3 Å². The van der Waals surface area contributed by atoms with Crippen LogP contribution in [0.4, 0.5) is 0 Å². The van der Waals surface area contributed by atoms with Crippen LogP contribution in [0, 0.1) is 0 Å². The fraction of sp³-hybridized carbons (Fsp3) is 0.933. The molecule has 4 nitrogen and oxygen atoms in total. The van der Waals surface area contributed by atoms with Gasteiger partial charge in [-0.1, -0.05) is 20.8 Å². The predicted molar refractivity (Wildman–Crippen MR) is 80.4 cm³/mol. The number of rotatable bonds is 11. The van der Waals surface area contributed by atoms with E-state index in [9.17, 15) is 4.79 Å². The Morgan fingerprint density at radius 1 is 1.21 bits per heavy atom. The first kappa shape index (κ1) is 18.4. The summed E-state index contributed by atoms with van der Waals surface area (Å²) < 4.78 is 5.18. The third-order valence-electron chi connectivity index (χ3n) is 3.43. The summed E-state index contributed by atoms with van der Waals surface area (Å²) in [6.07, 6.45) is 3.01. The zero-order valence-electron chi connectivity index (χ0n) is 13.4. The summed E-state index contributed by atoms with van der Waals surface area (Å²) in [5.74, 6) is -0.129. The molecule has 0 saturated carbocycles. The maximum absolute atomic E-state index is 12.0. The molecule has 0 heterocycles. The maximum Gasteiger partial charge on any atom is 0.326 e. The molecule has 0 bridgehead atoms. The number of hydrogen-bond acceptors (Lipinski definition) is 4. The standard InChI is InChI=1S/C15H32N2O2/c1-6-12-17(8-3)13-10-11-15(5,16-7-2)14(18)19-9-4/h16H,6-13H2,1-5H3. The molecule has 0 spiro atoms. The van der Waals surface area contributed by atoms with Gasteiger partial charge in [0, 0.05) is 0 Å².